The van der Waals surface area contributed by atoms with Gasteiger partial charge in [0.15, 0.2) is 0 Å². The highest BCUT2D eigenvalue weighted by Gasteiger charge is 2.30. The van der Waals surface area contributed by atoms with Gasteiger partial charge >= 0.3 is 0 Å². The first kappa shape index (κ1) is 26.8. The molecule has 4 rings (SSSR count). The maximum Gasteiger partial charge on any atom is 0.237 e. The molecule has 0 spiro atoms. The average molecular weight is 532 g/mol. The van der Waals surface area contributed by atoms with E-state index in [1.54, 1.807) is 32.4 Å². The summed E-state index contributed by atoms with van der Waals surface area (Å²) in [6, 6.07) is 7.85. The van der Waals surface area contributed by atoms with Crippen LogP contribution in [0.1, 0.15) is 12.8 Å². The van der Waals surface area contributed by atoms with E-state index >= 15 is 0 Å². The molecule has 37 heavy (non-hydrogen) atoms. The number of rotatable bonds is 11. The van der Waals surface area contributed by atoms with Gasteiger partial charge < -0.3 is 24.4 Å². The number of aromatic nitrogens is 2. The third kappa shape index (κ3) is 6.57. The Hall–Kier alpha value is -3.21. The van der Waals surface area contributed by atoms with Gasteiger partial charge in [0.2, 0.25) is 5.91 Å². The van der Waals surface area contributed by atoms with Gasteiger partial charge in [0, 0.05) is 38.0 Å². The maximum absolute atomic E-state index is 13.6. The lowest BCUT2D eigenvalue weighted by atomic mass is 10.2. The van der Waals surface area contributed by atoms with Crippen LogP contribution in [0.3, 0.4) is 0 Å². The van der Waals surface area contributed by atoms with Gasteiger partial charge in [-0.3, -0.25) is 9.69 Å². The van der Waals surface area contributed by atoms with Crippen LogP contribution in [0.4, 0.5) is 15.9 Å². The number of benzene rings is 2. The van der Waals surface area contributed by atoms with Crippen molar-refractivity contribution in [2.75, 3.05) is 59.4 Å². The number of hydrogen-bond acceptors (Lipinski definition) is 8. The van der Waals surface area contributed by atoms with Crippen molar-refractivity contribution in [1.82, 2.24) is 19.8 Å². The van der Waals surface area contributed by atoms with Gasteiger partial charge in [0.05, 0.1) is 42.2 Å². The van der Waals surface area contributed by atoms with Gasteiger partial charge in [-0.1, -0.05) is 11.6 Å². The fourth-order valence-electron chi connectivity index (χ4n) is 4.34. The second-order valence-electron chi connectivity index (χ2n) is 8.92. The molecule has 1 aliphatic rings. The molecular formula is C26H31ClFN5O4. The van der Waals surface area contributed by atoms with Crippen LogP contribution in [-0.4, -0.2) is 85.8 Å². The molecule has 1 fully saturated rings. The van der Waals surface area contributed by atoms with E-state index in [4.69, 9.17) is 25.8 Å². The Kier molecular flexibility index (Phi) is 8.96. The lowest BCUT2D eigenvalue weighted by Crippen LogP contribution is -2.44. The monoisotopic (exact) mass is 531 g/mol. The molecule has 1 aliphatic heterocycles. The van der Waals surface area contributed by atoms with Gasteiger partial charge in [-0.05, 0) is 38.1 Å². The topological polar surface area (TPSA) is 89.1 Å². The van der Waals surface area contributed by atoms with Crippen molar-refractivity contribution in [3.05, 3.63) is 47.5 Å². The van der Waals surface area contributed by atoms with E-state index in [2.05, 4.69) is 15.3 Å². The zero-order valence-electron chi connectivity index (χ0n) is 21.2. The van der Waals surface area contributed by atoms with Crippen molar-refractivity contribution in [3.63, 3.8) is 0 Å². The summed E-state index contributed by atoms with van der Waals surface area (Å²) >= 11 is 5.96. The second kappa shape index (κ2) is 12.4. The summed E-state index contributed by atoms with van der Waals surface area (Å²) in [7, 11) is 5.12. The number of carbonyl (C=O) groups is 1. The number of likely N-dealkylation sites (tertiary alicyclic amines) is 1. The smallest absolute Gasteiger partial charge is 0.237 e. The van der Waals surface area contributed by atoms with E-state index in [0.717, 1.165) is 12.8 Å². The molecule has 1 amide bonds. The van der Waals surface area contributed by atoms with Crippen LogP contribution in [0.2, 0.25) is 5.02 Å². The van der Waals surface area contributed by atoms with Crippen molar-refractivity contribution < 1.29 is 23.4 Å². The van der Waals surface area contributed by atoms with Crippen molar-refractivity contribution in [1.29, 1.82) is 0 Å². The number of nitrogens with one attached hydrogen (secondary N) is 1. The molecule has 0 radical (unpaired) electrons. The molecule has 2 aromatic carbocycles. The van der Waals surface area contributed by atoms with E-state index in [1.807, 2.05) is 16.8 Å². The Bertz CT molecular complexity index is 1250. The number of carbonyl (C=O) groups excluding carboxylic acids is 1. The molecule has 0 unspecified atom stereocenters. The van der Waals surface area contributed by atoms with Crippen LogP contribution in [0.15, 0.2) is 36.7 Å². The van der Waals surface area contributed by atoms with Crippen LogP contribution < -0.4 is 14.8 Å². The highest BCUT2D eigenvalue weighted by molar-refractivity contribution is 6.31. The SMILES string of the molecule is COCCN(C)CC(=O)N1CCC[C@H]1COc1cc(OC)cc2ncnc(Nc3ccc(F)c(Cl)c3)c12. The number of nitrogens with zero attached hydrogens (tertiary/aromatic N) is 4. The Morgan fingerprint density at radius 3 is 2.86 bits per heavy atom. The molecule has 0 saturated carbocycles. The number of ether oxygens (including phenoxy) is 3. The highest BCUT2D eigenvalue weighted by Crippen LogP contribution is 2.36. The van der Waals surface area contributed by atoms with Crippen LogP contribution >= 0.6 is 11.6 Å². The standard InChI is InChI=1S/C26H31ClFN5O4/c1-32(9-10-35-2)14-24(34)33-8-4-5-18(33)15-37-23-13-19(36-3)12-22-25(23)26(30-16-29-22)31-17-6-7-21(28)20(27)11-17/h6-7,11-13,16,18H,4-5,8-10,14-15H2,1-3H3,(H,29,30,31)/t18-/m0/s1. The number of halogens is 2. The number of amides is 1. The first-order valence-electron chi connectivity index (χ1n) is 12.0. The molecule has 1 N–H and O–H groups in total. The largest absolute Gasteiger partial charge is 0.497 e. The summed E-state index contributed by atoms with van der Waals surface area (Å²) in [5.74, 6) is 1.14. The second-order valence-corrected chi connectivity index (χ2v) is 9.33. The van der Waals surface area contributed by atoms with Crippen molar-refractivity contribution >= 4 is 39.9 Å². The summed E-state index contributed by atoms with van der Waals surface area (Å²) < 4.78 is 30.5. The van der Waals surface area contributed by atoms with Gasteiger partial charge in [-0.2, -0.15) is 0 Å². The fraction of sp³-hybridized carbons (Fsp3) is 0.423. The maximum atomic E-state index is 13.6. The molecular weight excluding hydrogens is 501 g/mol. The predicted molar refractivity (Wildman–Crippen MR) is 140 cm³/mol. The zero-order valence-corrected chi connectivity index (χ0v) is 21.9. The molecule has 198 valence electrons. The summed E-state index contributed by atoms with van der Waals surface area (Å²) in [6.07, 6.45) is 3.20. The molecule has 1 saturated heterocycles. The quantitative estimate of drug-likeness (QED) is 0.395. The number of methoxy groups -OCH3 is 2. The normalized spacial score (nSPS) is 15.4. The third-order valence-corrected chi connectivity index (χ3v) is 6.59. The number of likely N-dealkylation sites (N-methyl/N-ethyl adjacent to an activating group) is 1. The third-order valence-electron chi connectivity index (χ3n) is 6.30. The van der Waals surface area contributed by atoms with Crippen molar-refractivity contribution in [3.8, 4) is 11.5 Å². The minimum absolute atomic E-state index is 0.000335. The molecule has 9 nitrogen and oxygen atoms in total. The highest BCUT2D eigenvalue weighted by atomic mass is 35.5. The lowest BCUT2D eigenvalue weighted by Gasteiger charge is -2.27. The van der Waals surface area contributed by atoms with Gasteiger partial charge in [-0.15, -0.1) is 0 Å². The molecule has 0 aliphatic carbocycles. The van der Waals surface area contributed by atoms with Crippen LogP contribution in [-0.2, 0) is 9.53 Å². The lowest BCUT2D eigenvalue weighted by molar-refractivity contribution is -0.133. The Morgan fingerprint density at radius 2 is 2.11 bits per heavy atom. The van der Waals surface area contributed by atoms with Crippen molar-refractivity contribution in [2.45, 2.75) is 18.9 Å². The summed E-state index contributed by atoms with van der Waals surface area (Å²) in [5, 5.41) is 3.82. The van der Waals surface area contributed by atoms with E-state index in [-0.39, 0.29) is 17.0 Å². The summed E-state index contributed by atoms with van der Waals surface area (Å²) in [4.78, 5) is 25.6. The average Bonchev–Trinajstić information content (AvgIpc) is 3.37. The molecule has 11 heteroatoms. The predicted octanol–water partition coefficient (Wildman–Crippen LogP) is 4.12. The first-order chi connectivity index (χ1) is 17.9. The molecule has 1 atom stereocenters. The molecule has 3 aromatic rings. The van der Waals surface area contributed by atoms with E-state index in [1.165, 1.54) is 18.5 Å². The molecule has 0 bridgehead atoms. The first-order valence-corrected chi connectivity index (χ1v) is 12.4. The minimum atomic E-state index is -0.505. The van der Waals surface area contributed by atoms with Crippen LogP contribution in [0, 0.1) is 5.82 Å². The fourth-order valence-corrected chi connectivity index (χ4v) is 4.52. The minimum Gasteiger partial charge on any atom is -0.497 e. The van der Waals surface area contributed by atoms with E-state index in [0.29, 0.717) is 66.8 Å². The number of anilines is 2. The Balaban J connectivity index is 1.55. The van der Waals surface area contributed by atoms with Gasteiger partial charge in [-0.25, -0.2) is 14.4 Å². The number of hydrogen-bond donors (Lipinski definition) is 1. The Morgan fingerprint density at radius 1 is 1.27 bits per heavy atom. The van der Waals surface area contributed by atoms with Crippen LogP contribution in [0.25, 0.3) is 10.9 Å². The van der Waals surface area contributed by atoms with Crippen molar-refractivity contribution in [2.24, 2.45) is 0 Å². The summed E-state index contributed by atoms with van der Waals surface area (Å²) in [5.41, 5.74) is 1.18. The zero-order chi connectivity index (χ0) is 26.4. The van der Waals surface area contributed by atoms with Gasteiger partial charge in [0.1, 0.15) is 36.1 Å². The molecule has 2 heterocycles. The van der Waals surface area contributed by atoms with E-state index in [9.17, 15) is 9.18 Å². The number of fused-ring (bicyclic) bond motifs is 1. The Labute approximate surface area is 220 Å². The van der Waals surface area contributed by atoms with Gasteiger partial charge in [0.25, 0.3) is 0 Å². The summed E-state index contributed by atoms with van der Waals surface area (Å²) in [6.45, 7) is 2.59. The van der Waals surface area contributed by atoms with Crippen LogP contribution in [0.5, 0.6) is 11.5 Å². The molecule has 1 aromatic heterocycles. The van der Waals surface area contributed by atoms with E-state index < -0.39 is 5.82 Å².